The maximum atomic E-state index is 12.3. The second-order valence-electron chi connectivity index (χ2n) is 5.42. The first-order valence-electron chi connectivity index (χ1n) is 7.36. The minimum atomic E-state index is 0.285. The van der Waals surface area contributed by atoms with E-state index < -0.39 is 0 Å². The van der Waals surface area contributed by atoms with Gasteiger partial charge in [0.05, 0.1) is 0 Å². The molecule has 1 saturated carbocycles. The number of nitrogens with zero attached hydrogens (tertiary/aromatic N) is 2. The van der Waals surface area contributed by atoms with Crippen LogP contribution in [-0.4, -0.2) is 15.6 Å². The maximum Gasteiger partial charge on any atom is 0.181 e. The predicted molar refractivity (Wildman–Crippen MR) is 72.7 cm³/mol. The fourth-order valence-corrected chi connectivity index (χ4v) is 2.89. The van der Waals surface area contributed by atoms with Crippen molar-refractivity contribution >= 4 is 5.78 Å². The number of aryl methyl sites for hydroxylation is 1. The number of ketones is 1. The molecule has 1 fully saturated rings. The van der Waals surface area contributed by atoms with E-state index in [9.17, 15) is 4.79 Å². The molecule has 0 N–H and O–H groups in total. The van der Waals surface area contributed by atoms with Crippen LogP contribution in [0.5, 0.6) is 0 Å². The number of aromatic nitrogens is 2. The molecule has 0 unspecified atom stereocenters. The molecule has 0 aromatic carbocycles. The van der Waals surface area contributed by atoms with Crippen LogP contribution in [0.3, 0.4) is 0 Å². The largest absolute Gasteiger partial charge is 0.292 e. The second kappa shape index (κ2) is 6.72. The summed E-state index contributed by atoms with van der Waals surface area (Å²) in [5.74, 6) is 0.887. The molecule has 18 heavy (non-hydrogen) atoms. The van der Waals surface area contributed by atoms with Gasteiger partial charge in [0.15, 0.2) is 5.78 Å². The molecule has 0 bridgehead atoms. The number of carbonyl (C=O) groups is 1. The summed E-state index contributed by atoms with van der Waals surface area (Å²) in [4.78, 5) is 12.3. The monoisotopic (exact) mass is 248 g/mol. The van der Waals surface area contributed by atoms with E-state index in [0.717, 1.165) is 25.1 Å². The van der Waals surface area contributed by atoms with E-state index in [2.05, 4.69) is 12.0 Å². The molecular weight excluding hydrogens is 224 g/mol. The molecule has 0 amide bonds. The Kier molecular flexibility index (Phi) is 4.97. The Morgan fingerprint density at radius 3 is 2.72 bits per heavy atom. The van der Waals surface area contributed by atoms with Gasteiger partial charge in [-0.1, -0.05) is 45.4 Å². The van der Waals surface area contributed by atoms with Crippen molar-refractivity contribution in [2.24, 2.45) is 5.92 Å². The van der Waals surface area contributed by atoms with Crippen LogP contribution in [0.1, 0.15) is 68.8 Å². The van der Waals surface area contributed by atoms with Crippen molar-refractivity contribution in [2.45, 2.75) is 64.8 Å². The fourth-order valence-electron chi connectivity index (χ4n) is 2.89. The molecule has 0 atom stereocenters. The van der Waals surface area contributed by atoms with Crippen molar-refractivity contribution in [1.29, 1.82) is 0 Å². The van der Waals surface area contributed by atoms with Gasteiger partial charge in [-0.05, 0) is 18.4 Å². The van der Waals surface area contributed by atoms with E-state index in [1.807, 2.05) is 10.7 Å². The molecule has 0 spiro atoms. The zero-order chi connectivity index (χ0) is 12.8. The lowest BCUT2D eigenvalue weighted by Crippen LogP contribution is -2.14. The standard InChI is InChI=1S/C15H24N2O/c1-2-11-17-14(9-10-16-17)15(18)12-13-7-5-3-4-6-8-13/h9-10,13H,2-8,11-12H2,1H3. The smallest absolute Gasteiger partial charge is 0.181 e. The zero-order valence-corrected chi connectivity index (χ0v) is 11.4. The number of rotatable bonds is 5. The molecule has 3 nitrogen and oxygen atoms in total. The maximum absolute atomic E-state index is 12.3. The summed E-state index contributed by atoms with van der Waals surface area (Å²) in [6, 6.07) is 1.87. The molecule has 100 valence electrons. The van der Waals surface area contributed by atoms with Gasteiger partial charge < -0.3 is 0 Å². The third-order valence-electron chi connectivity index (χ3n) is 3.89. The van der Waals surface area contributed by atoms with Gasteiger partial charge in [0.2, 0.25) is 0 Å². The van der Waals surface area contributed by atoms with E-state index in [-0.39, 0.29) is 5.78 Å². The summed E-state index contributed by atoms with van der Waals surface area (Å²) in [5.41, 5.74) is 0.807. The van der Waals surface area contributed by atoms with Crippen molar-refractivity contribution in [2.75, 3.05) is 0 Å². The molecule has 2 rings (SSSR count). The van der Waals surface area contributed by atoms with E-state index in [0.29, 0.717) is 5.92 Å². The minimum Gasteiger partial charge on any atom is -0.292 e. The Labute approximate surface area is 110 Å². The van der Waals surface area contributed by atoms with Gasteiger partial charge in [-0.2, -0.15) is 5.10 Å². The van der Waals surface area contributed by atoms with Crippen molar-refractivity contribution in [3.8, 4) is 0 Å². The number of Topliss-reactive ketones (excluding diaryl/α,β-unsaturated/α-hetero) is 1. The zero-order valence-electron chi connectivity index (χ0n) is 11.4. The first kappa shape index (κ1) is 13.3. The molecule has 0 aliphatic heterocycles. The van der Waals surface area contributed by atoms with Crippen molar-refractivity contribution in [1.82, 2.24) is 9.78 Å². The van der Waals surface area contributed by atoms with E-state index >= 15 is 0 Å². The predicted octanol–water partition coefficient (Wildman–Crippen LogP) is 3.84. The molecule has 1 aromatic rings. The summed E-state index contributed by atoms with van der Waals surface area (Å²) in [6.07, 6.45) is 11.2. The third kappa shape index (κ3) is 3.44. The number of hydrogen-bond acceptors (Lipinski definition) is 2. The Morgan fingerprint density at radius 1 is 1.33 bits per heavy atom. The first-order valence-corrected chi connectivity index (χ1v) is 7.36. The van der Waals surface area contributed by atoms with Gasteiger partial charge in [0.1, 0.15) is 5.69 Å². The highest BCUT2D eigenvalue weighted by molar-refractivity contribution is 5.94. The Morgan fingerprint density at radius 2 is 2.06 bits per heavy atom. The summed E-state index contributed by atoms with van der Waals surface area (Å²) in [6.45, 7) is 2.96. The Hall–Kier alpha value is -1.12. The molecule has 1 aromatic heterocycles. The lowest BCUT2D eigenvalue weighted by molar-refractivity contribution is 0.0946. The van der Waals surface area contributed by atoms with Crippen LogP contribution in [0.4, 0.5) is 0 Å². The van der Waals surface area contributed by atoms with E-state index in [4.69, 9.17) is 0 Å². The Bertz CT molecular complexity index is 376. The first-order chi connectivity index (χ1) is 8.81. The summed E-state index contributed by atoms with van der Waals surface area (Å²) < 4.78 is 1.86. The van der Waals surface area contributed by atoms with Gasteiger partial charge in [-0.3, -0.25) is 9.48 Å². The lowest BCUT2D eigenvalue weighted by Gasteiger charge is -2.13. The molecule has 3 heteroatoms. The SMILES string of the molecule is CCCn1nccc1C(=O)CC1CCCCCC1. The highest BCUT2D eigenvalue weighted by Crippen LogP contribution is 2.26. The van der Waals surface area contributed by atoms with Crippen LogP contribution in [0.25, 0.3) is 0 Å². The highest BCUT2D eigenvalue weighted by atomic mass is 16.1. The van der Waals surface area contributed by atoms with Gasteiger partial charge >= 0.3 is 0 Å². The molecule has 1 heterocycles. The normalized spacial score (nSPS) is 17.6. The van der Waals surface area contributed by atoms with Gasteiger partial charge in [-0.25, -0.2) is 0 Å². The van der Waals surface area contributed by atoms with Crippen LogP contribution in [-0.2, 0) is 6.54 Å². The molecule has 0 saturated heterocycles. The van der Waals surface area contributed by atoms with Gasteiger partial charge in [-0.15, -0.1) is 0 Å². The van der Waals surface area contributed by atoms with Gasteiger partial charge in [0, 0.05) is 19.2 Å². The molecule has 1 aliphatic carbocycles. The quantitative estimate of drug-likeness (QED) is 0.586. The molecule has 0 radical (unpaired) electrons. The average molecular weight is 248 g/mol. The van der Waals surface area contributed by atoms with Crippen LogP contribution in [0, 0.1) is 5.92 Å². The Balaban J connectivity index is 1.95. The highest BCUT2D eigenvalue weighted by Gasteiger charge is 2.19. The van der Waals surface area contributed by atoms with E-state index in [1.54, 1.807) is 6.20 Å². The van der Waals surface area contributed by atoms with Crippen LogP contribution < -0.4 is 0 Å². The average Bonchev–Trinajstić information content (AvgIpc) is 2.67. The van der Waals surface area contributed by atoms with Crippen molar-refractivity contribution in [3.63, 3.8) is 0 Å². The molecule has 1 aliphatic rings. The van der Waals surface area contributed by atoms with Crippen LogP contribution in [0.15, 0.2) is 12.3 Å². The second-order valence-corrected chi connectivity index (χ2v) is 5.42. The topological polar surface area (TPSA) is 34.9 Å². The van der Waals surface area contributed by atoms with Crippen molar-refractivity contribution in [3.05, 3.63) is 18.0 Å². The number of hydrogen-bond donors (Lipinski definition) is 0. The third-order valence-corrected chi connectivity index (χ3v) is 3.89. The van der Waals surface area contributed by atoms with Crippen LogP contribution >= 0.6 is 0 Å². The lowest BCUT2D eigenvalue weighted by atomic mass is 9.93. The summed E-state index contributed by atoms with van der Waals surface area (Å²) in [5, 5.41) is 4.23. The van der Waals surface area contributed by atoms with E-state index in [1.165, 1.54) is 38.5 Å². The number of carbonyl (C=O) groups excluding carboxylic acids is 1. The fraction of sp³-hybridized carbons (Fsp3) is 0.733. The van der Waals surface area contributed by atoms with Crippen LogP contribution in [0.2, 0.25) is 0 Å². The van der Waals surface area contributed by atoms with Crippen molar-refractivity contribution < 1.29 is 4.79 Å². The minimum absolute atomic E-state index is 0.285. The van der Waals surface area contributed by atoms with Gasteiger partial charge in [0.25, 0.3) is 0 Å². The summed E-state index contributed by atoms with van der Waals surface area (Å²) in [7, 11) is 0. The summed E-state index contributed by atoms with van der Waals surface area (Å²) >= 11 is 0. The molecular formula is C15H24N2O.